The molecule has 1 aliphatic heterocycles. The fraction of sp³-hybridized carbons (Fsp3) is 0.522. The van der Waals surface area contributed by atoms with Gasteiger partial charge in [0.2, 0.25) is 0 Å². The molecule has 0 spiro atoms. The number of hydrogen-bond donors (Lipinski definition) is 3. The Balaban J connectivity index is 1.91. The van der Waals surface area contributed by atoms with Crippen LogP contribution in [0.2, 0.25) is 0 Å². The third kappa shape index (κ3) is 6.94. The number of ether oxygens (including phenoxy) is 2. The number of para-hydroxylation sites is 1. The minimum Gasteiger partial charge on any atom is -0.462 e. The summed E-state index contributed by atoms with van der Waals surface area (Å²) in [6.07, 6.45) is -6.31. The Morgan fingerprint density at radius 1 is 1.33 bits per heavy atom. The molecule has 1 aromatic carbocycles. The molecular formula is C23H30ClF2N4O8P. The van der Waals surface area contributed by atoms with Crippen LogP contribution in [0.1, 0.15) is 33.9 Å². The molecule has 12 nitrogen and oxygen atoms in total. The van der Waals surface area contributed by atoms with Crippen LogP contribution in [0.3, 0.4) is 0 Å². The number of nitrogens with one attached hydrogen (secondary N) is 1. The smallest absolute Gasteiger partial charge is 0.459 e. The van der Waals surface area contributed by atoms with Gasteiger partial charge in [0.1, 0.15) is 35.5 Å². The number of nitrogens with zero attached hydrogens (tertiary/aromatic N) is 2. The van der Waals surface area contributed by atoms with Gasteiger partial charge in [-0.25, -0.2) is 18.1 Å². The monoisotopic (exact) mass is 594 g/mol. The first kappa shape index (κ1) is 30.9. The van der Waals surface area contributed by atoms with E-state index in [9.17, 15) is 28.0 Å². The van der Waals surface area contributed by atoms with Crippen LogP contribution in [0, 0.1) is 5.82 Å². The van der Waals surface area contributed by atoms with Crippen molar-refractivity contribution in [3.8, 4) is 5.75 Å². The Morgan fingerprint density at radius 2 is 1.97 bits per heavy atom. The van der Waals surface area contributed by atoms with E-state index in [4.69, 9.17) is 35.9 Å². The Kier molecular flexibility index (Phi) is 9.73. The highest BCUT2D eigenvalue weighted by molar-refractivity contribution is 7.52. The summed E-state index contributed by atoms with van der Waals surface area (Å²) in [4.78, 5) is 25.8. The summed E-state index contributed by atoms with van der Waals surface area (Å²) in [6.45, 7) is 4.54. The second kappa shape index (κ2) is 12.3. The summed E-state index contributed by atoms with van der Waals surface area (Å²) >= 11 is 6.36. The molecule has 1 aromatic heterocycles. The maximum atomic E-state index is 14.2. The van der Waals surface area contributed by atoms with Gasteiger partial charge in [-0.1, -0.05) is 18.2 Å². The van der Waals surface area contributed by atoms with Crippen LogP contribution in [0.4, 0.5) is 14.6 Å². The minimum atomic E-state index is -4.43. The van der Waals surface area contributed by atoms with Gasteiger partial charge in [0.05, 0.1) is 18.4 Å². The fourth-order valence-electron chi connectivity index (χ4n) is 3.79. The van der Waals surface area contributed by atoms with Crippen LogP contribution in [-0.2, 0) is 23.4 Å². The quantitative estimate of drug-likeness (QED) is 0.199. The summed E-state index contributed by atoms with van der Waals surface area (Å²) in [5, 5.41) is 13.4. The summed E-state index contributed by atoms with van der Waals surface area (Å²) < 4.78 is 64.7. The van der Waals surface area contributed by atoms with Crippen LogP contribution in [0.25, 0.3) is 0 Å². The topological polar surface area (TPSA) is 164 Å². The first-order valence-electron chi connectivity index (χ1n) is 11.8. The fourth-order valence-corrected chi connectivity index (χ4v) is 5.77. The number of carbonyl (C=O) groups is 1. The average molecular weight is 595 g/mol. The van der Waals surface area contributed by atoms with E-state index in [1.807, 2.05) is 0 Å². The van der Waals surface area contributed by atoms with E-state index in [1.165, 1.54) is 26.0 Å². The molecule has 216 valence electrons. The van der Waals surface area contributed by atoms with E-state index in [0.717, 1.165) is 0 Å². The number of nitrogens with two attached hydrogens (primary N) is 1. The number of carbonyl (C=O) groups excluding carboxylic acids is 1. The number of nitrogen functional groups attached to an aromatic ring is 1. The first-order chi connectivity index (χ1) is 18.2. The maximum absolute atomic E-state index is 14.2. The minimum absolute atomic E-state index is 0.112. The Labute approximate surface area is 227 Å². The van der Waals surface area contributed by atoms with E-state index >= 15 is 0 Å². The zero-order valence-corrected chi connectivity index (χ0v) is 23.1. The van der Waals surface area contributed by atoms with E-state index in [2.05, 4.69) is 10.1 Å². The Bertz CT molecular complexity index is 1270. The normalized spacial score (nSPS) is 26.1. The molecule has 0 radical (unpaired) electrons. The lowest BCUT2D eigenvalue weighted by atomic mass is 9.97. The van der Waals surface area contributed by atoms with Gasteiger partial charge < -0.3 is 24.8 Å². The lowest BCUT2D eigenvalue weighted by Crippen LogP contribution is -2.47. The molecule has 0 saturated carbocycles. The summed E-state index contributed by atoms with van der Waals surface area (Å²) in [7, 11) is -4.43. The van der Waals surface area contributed by atoms with Crippen molar-refractivity contribution in [1.29, 1.82) is 0 Å². The van der Waals surface area contributed by atoms with Gasteiger partial charge in [0.25, 0.3) is 0 Å². The largest absolute Gasteiger partial charge is 0.462 e. The Hall–Kier alpha value is -2.61. The highest BCUT2D eigenvalue weighted by Crippen LogP contribution is 2.50. The van der Waals surface area contributed by atoms with Crippen LogP contribution in [-0.4, -0.2) is 62.6 Å². The molecule has 2 unspecified atom stereocenters. The zero-order chi connectivity index (χ0) is 29.1. The average Bonchev–Trinajstić information content (AvgIpc) is 3.12. The van der Waals surface area contributed by atoms with Crippen molar-refractivity contribution in [1.82, 2.24) is 14.6 Å². The number of aliphatic hydroxyl groups excluding tert-OH is 1. The summed E-state index contributed by atoms with van der Waals surface area (Å²) in [6, 6.07) is 6.70. The highest BCUT2D eigenvalue weighted by atomic mass is 35.5. The first-order valence-corrected chi connectivity index (χ1v) is 13.8. The molecule has 0 aliphatic carbocycles. The molecule has 2 heterocycles. The molecule has 7 atom stereocenters. The van der Waals surface area contributed by atoms with Gasteiger partial charge in [0.15, 0.2) is 17.9 Å². The molecule has 0 amide bonds. The van der Waals surface area contributed by atoms with E-state index < -0.39 is 79.3 Å². The third-order valence-corrected chi connectivity index (χ3v) is 7.96. The van der Waals surface area contributed by atoms with Crippen molar-refractivity contribution in [2.24, 2.45) is 0 Å². The predicted molar refractivity (Wildman–Crippen MR) is 136 cm³/mol. The van der Waals surface area contributed by atoms with E-state index in [-0.39, 0.29) is 5.75 Å². The predicted octanol–water partition coefficient (Wildman–Crippen LogP) is 2.69. The number of halogens is 3. The van der Waals surface area contributed by atoms with Gasteiger partial charge in [0, 0.05) is 0 Å². The van der Waals surface area contributed by atoms with Gasteiger partial charge in [-0.05, 0) is 39.8 Å². The van der Waals surface area contributed by atoms with Crippen molar-refractivity contribution >= 4 is 31.1 Å². The van der Waals surface area contributed by atoms with Crippen molar-refractivity contribution in [2.75, 3.05) is 12.4 Å². The SMILES string of the molecule is CC(C)OC(=O)[C@H](C)NP(=O)(Oc1ccccc1)O[C@H](C)[C@H]1O[C@@H](n2cc(F)c(N)nc2=O)[C@@](Cl)(CF)C1O. The highest BCUT2D eigenvalue weighted by Gasteiger charge is 2.59. The van der Waals surface area contributed by atoms with Crippen LogP contribution >= 0.6 is 19.3 Å². The number of hydrogen-bond acceptors (Lipinski definition) is 10. The molecule has 39 heavy (non-hydrogen) atoms. The number of rotatable bonds is 11. The number of alkyl halides is 2. The van der Waals surface area contributed by atoms with Crippen molar-refractivity contribution in [3.05, 3.63) is 52.8 Å². The molecule has 0 bridgehead atoms. The van der Waals surface area contributed by atoms with Crippen LogP contribution in [0.5, 0.6) is 5.75 Å². The number of benzene rings is 1. The van der Waals surface area contributed by atoms with Crippen molar-refractivity contribution in [2.45, 2.75) is 69.3 Å². The molecule has 4 N–H and O–H groups in total. The molecule has 2 aromatic rings. The third-order valence-electron chi connectivity index (χ3n) is 5.68. The van der Waals surface area contributed by atoms with Gasteiger partial charge in [-0.15, -0.1) is 11.6 Å². The zero-order valence-electron chi connectivity index (χ0n) is 21.5. The summed E-state index contributed by atoms with van der Waals surface area (Å²) in [5.74, 6) is -2.44. The van der Waals surface area contributed by atoms with E-state index in [1.54, 1.807) is 32.0 Å². The second-order valence-corrected chi connectivity index (χ2v) is 11.5. The van der Waals surface area contributed by atoms with Gasteiger partial charge in [-0.2, -0.15) is 10.1 Å². The number of esters is 1. The number of aromatic nitrogens is 2. The molecule has 1 saturated heterocycles. The van der Waals surface area contributed by atoms with Gasteiger partial charge in [-0.3, -0.25) is 13.9 Å². The molecule has 1 fully saturated rings. The van der Waals surface area contributed by atoms with Crippen LogP contribution < -0.4 is 21.0 Å². The number of anilines is 1. The lowest BCUT2D eigenvalue weighted by molar-refractivity contribution is -0.149. The summed E-state index contributed by atoms with van der Waals surface area (Å²) in [5.41, 5.74) is 4.19. The Morgan fingerprint density at radius 3 is 2.56 bits per heavy atom. The van der Waals surface area contributed by atoms with E-state index in [0.29, 0.717) is 10.8 Å². The molecule has 16 heteroatoms. The van der Waals surface area contributed by atoms with Crippen LogP contribution in [0.15, 0.2) is 41.3 Å². The number of aliphatic hydroxyl groups is 1. The molecule has 3 rings (SSSR count). The van der Waals surface area contributed by atoms with Crippen molar-refractivity contribution < 1.29 is 41.8 Å². The van der Waals surface area contributed by atoms with Crippen molar-refractivity contribution in [3.63, 3.8) is 0 Å². The standard InChI is InChI=1S/C23H30ClF2N4O8P/c1-12(2)35-20(32)13(3)29-39(34,38-15-8-6-5-7-9-15)37-14(4)17-18(31)23(24,11-25)21(36-17)30-10-16(26)19(27)28-22(30)33/h5-10,12-14,17-18,21,31H,11H2,1-4H3,(H,29,34)(H2,27,28,33)/t13-,14+,17+,18?,21+,23+,39?/m0/s1. The second-order valence-electron chi connectivity index (χ2n) is 9.17. The lowest BCUT2D eigenvalue weighted by Gasteiger charge is -2.30. The molecule has 1 aliphatic rings. The maximum Gasteiger partial charge on any atom is 0.459 e. The van der Waals surface area contributed by atoms with Gasteiger partial charge >= 0.3 is 19.4 Å². The molecular weight excluding hydrogens is 565 g/mol.